The van der Waals surface area contributed by atoms with Gasteiger partial charge in [-0.2, -0.15) is 0 Å². The minimum atomic E-state index is 0.475. The normalized spacial score (nSPS) is 10.3. The minimum absolute atomic E-state index is 0.475. The summed E-state index contributed by atoms with van der Waals surface area (Å²) >= 11 is 8.96. The van der Waals surface area contributed by atoms with Crippen LogP contribution in [0.2, 0.25) is 5.02 Å². The summed E-state index contributed by atoms with van der Waals surface area (Å²) in [5.41, 5.74) is 0.922. The zero-order valence-corrected chi connectivity index (χ0v) is 8.84. The van der Waals surface area contributed by atoms with Crippen LogP contribution in [-0.4, -0.2) is 4.98 Å². The Morgan fingerprint density at radius 3 is 2.85 bits per heavy atom. The first-order chi connectivity index (χ1) is 6.25. The molecule has 0 aliphatic rings. The van der Waals surface area contributed by atoms with Gasteiger partial charge < -0.3 is 4.42 Å². The molecule has 0 aliphatic carbocycles. The van der Waals surface area contributed by atoms with Crippen LogP contribution in [0.1, 0.15) is 0 Å². The summed E-state index contributed by atoms with van der Waals surface area (Å²) in [5.74, 6) is 0.703. The van der Waals surface area contributed by atoms with E-state index in [-0.39, 0.29) is 0 Å². The topological polar surface area (TPSA) is 26.0 Å². The zero-order chi connectivity index (χ0) is 9.26. The number of aromatic nitrogens is 1. The van der Waals surface area contributed by atoms with Crippen LogP contribution in [0.5, 0.6) is 0 Å². The van der Waals surface area contributed by atoms with Crippen molar-refractivity contribution in [2.24, 2.45) is 0 Å². The Kier molecular flexibility index (Phi) is 2.38. The van der Waals surface area contributed by atoms with E-state index in [1.54, 1.807) is 6.20 Å². The molecule has 0 fully saturated rings. The maximum atomic E-state index is 5.83. The number of hydrogen-bond donors (Lipinski definition) is 0. The highest BCUT2D eigenvalue weighted by molar-refractivity contribution is 9.10. The molecular weight excluding hydrogens is 253 g/mol. The molecule has 0 saturated heterocycles. The van der Waals surface area contributed by atoms with Gasteiger partial charge in [0.15, 0.2) is 5.76 Å². The molecule has 2 aromatic rings. The molecule has 1 aromatic carbocycles. The average molecular weight is 259 g/mol. The Balaban J connectivity index is 2.46. The van der Waals surface area contributed by atoms with Gasteiger partial charge in [-0.05, 0) is 12.1 Å². The Bertz CT molecular complexity index is 427. The molecule has 0 bridgehead atoms. The number of halogens is 2. The van der Waals surface area contributed by atoms with Gasteiger partial charge in [-0.15, -0.1) is 0 Å². The van der Waals surface area contributed by atoms with Gasteiger partial charge in [0.05, 0.1) is 6.20 Å². The Morgan fingerprint density at radius 2 is 2.23 bits per heavy atom. The lowest BCUT2D eigenvalue weighted by Gasteiger charge is -1.95. The van der Waals surface area contributed by atoms with E-state index in [1.807, 2.05) is 24.3 Å². The highest BCUT2D eigenvalue weighted by atomic mass is 79.9. The molecule has 0 unspecified atom stereocenters. The van der Waals surface area contributed by atoms with Gasteiger partial charge in [0, 0.05) is 26.5 Å². The minimum Gasteiger partial charge on any atom is -0.431 e. The predicted octanol–water partition coefficient (Wildman–Crippen LogP) is 3.76. The SMILES string of the molecule is Clc1cccc(-c2cnc(Br)o2)c1. The fraction of sp³-hybridized carbons (Fsp3) is 0. The van der Waals surface area contributed by atoms with Crippen LogP contribution >= 0.6 is 27.5 Å². The zero-order valence-electron chi connectivity index (χ0n) is 6.50. The van der Waals surface area contributed by atoms with Gasteiger partial charge in [-0.1, -0.05) is 23.7 Å². The highest BCUT2D eigenvalue weighted by Gasteiger charge is 2.03. The quantitative estimate of drug-likeness (QED) is 0.778. The van der Waals surface area contributed by atoms with Crippen LogP contribution in [-0.2, 0) is 0 Å². The molecule has 4 heteroatoms. The van der Waals surface area contributed by atoms with Crippen LogP contribution in [0.4, 0.5) is 0 Å². The summed E-state index contributed by atoms with van der Waals surface area (Å²) in [6.45, 7) is 0. The molecule has 66 valence electrons. The number of nitrogens with zero attached hydrogens (tertiary/aromatic N) is 1. The predicted molar refractivity (Wildman–Crippen MR) is 54.6 cm³/mol. The fourth-order valence-electron chi connectivity index (χ4n) is 1.03. The number of rotatable bonds is 1. The summed E-state index contributed by atoms with van der Waals surface area (Å²) in [5, 5.41) is 0.685. The van der Waals surface area contributed by atoms with Gasteiger partial charge in [-0.3, -0.25) is 0 Å². The van der Waals surface area contributed by atoms with E-state index in [1.165, 1.54) is 0 Å². The third-order valence-corrected chi connectivity index (χ3v) is 2.19. The van der Waals surface area contributed by atoms with Crippen molar-refractivity contribution < 1.29 is 4.42 Å². The van der Waals surface area contributed by atoms with Crippen molar-refractivity contribution >= 4 is 27.5 Å². The van der Waals surface area contributed by atoms with Gasteiger partial charge in [0.2, 0.25) is 0 Å². The molecule has 0 atom stereocenters. The van der Waals surface area contributed by atoms with E-state index < -0.39 is 0 Å². The van der Waals surface area contributed by atoms with Crippen LogP contribution < -0.4 is 0 Å². The maximum Gasteiger partial charge on any atom is 0.264 e. The number of hydrogen-bond acceptors (Lipinski definition) is 2. The van der Waals surface area contributed by atoms with Crippen molar-refractivity contribution in [3.63, 3.8) is 0 Å². The molecule has 1 heterocycles. The van der Waals surface area contributed by atoms with E-state index in [9.17, 15) is 0 Å². The second-order valence-electron chi connectivity index (χ2n) is 2.49. The lowest BCUT2D eigenvalue weighted by molar-refractivity contribution is 0.542. The van der Waals surface area contributed by atoms with E-state index >= 15 is 0 Å². The second-order valence-corrected chi connectivity index (χ2v) is 3.60. The van der Waals surface area contributed by atoms with Gasteiger partial charge in [0.25, 0.3) is 4.80 Å². The first-order valence-corrected chi connectivity index (χ1v) is 4.80. The Morgan fingerprint density at radius 1 is 1.38 bits per heavy atom. The summed E-state index contributed by atoms with van der Waals surface area (Å²) < 4.78 is 5.27. The maximum absolute atomic E-state index is 5.83. The lowest BCUT2D eigenvalue weighted by Crippen LogP contribution is -1.72. The number of benzene rings is 1. The van der Waals surface area contributed by atoms with Crippen LogP contribution in [0.15, 0.2) is 39.7 Å². The molecule has 2 rings (SSSR count). The van der Waals surface area contributed by atoms with E-state index in [2.05, 4.69) is 20.9 Å². The molecule has 2 nitrogen and oxygen atoms in total. The highest BCUT2D eigenvalue weighted by Crippen LogP contribution is 2.24. The third kappa shape index (κ3) is 1.92. The van der Waals surface area contributed by atoms with Gasteiger partial charge in [0.1, 0.15) is 0 Å². The standard InChI is InChI=1S/C9H5BrClNO/c10-9-12-5-8(13-9)6-2-1-3-7(11)4-6/h1-5H. The van der Waals surface area contributed by atoms with E-state index in [0.717, 1.165) is 5.56 Å². The van der Waals surface area contributed by atoms with E-state index in [0.29, 0.717) is 15.6 Å². The molecule has 0 aliphatic heterocycles. The lowest BCUT2D eigenvalue weighted by atomic mass is 10.2. The van der Waals surface area contributed by atoms with Crippen molar-refractivity contribution in [3.8, 4) is 11.3 Å². The summed E-state index contributed by atoms with van der Waals surface area (Å²) in [4.78, 5) is 4.40. The first kappa shape index (κ1) is 8.78. The van der Waals surface area contributed by atoms with E-state index in [4.69, 9.17) is 16.0 Å². The largest absolute Gasteiger partial charge is 0.431 e. The molecule has 1 aromatic heterocycles. The van der Waals surface area contributed by atoms with Crippen LogP contribution in [0.3, 0.4) is 0 Å². The van der Waals surface area contributed by atoms with Crippen molar-refractivity contribution in [1.29, 1.82) is 0 Å². The molecular formula is C9H5BrClNO. The fourth-order valence-corrected chi connectivity index (χ4v) is 1.50. The van der Waals surface area contributed by atoms with Crippen molar-refractivity contribution in [2.75, 3.05) is 0 Å². The van der Waals surface area contributed by atoms with Gasteiger partial charge in [-0.25, -0.2) is 4.98 Å². The Labute approximate surface area is 88.7 Å². The summed E-state index contributed by atoms with van der Waals surface area (Å²) in [6.07, 6.45) is 1.65. The molecule has 0 amide bonds. The second kappa shape index (κ2) is 3.52. The average Bonchev–Trinajstić information content (AvgIpc) is 2.52. The van der Waals surface area contributed by atoms with Crippen LogP contribution in [0.25, 0.3) is 11.3 Å². The number of oxazole rings is 1. The summed E-state index contributed by atoms with van der Waals surface area (Å²) in [7, 11) is 0. The molecule has 0 spiro atoms. The van der Waals surface area contributed by atoms with Gasteiger partial charge >= 0.3 is 0 Å². The van der Waals surface area contributed by atoms with Crippen molar-refractivity contribution in [2.45, 2.75) is 0 Å². The monoisotopic (exact) mass is 257 g/mol. The molecule has 0 N–H and O–H groups in total. The first-order valence-electron chi connectivity index (χ1n) is 3.63. The molecule has 13 heavy (non-hydrogen) atoms. The molecule has 0 radical (unpaired) electrons. The van der Waals surface area contributed by atoms with Crippen molar-refractivity contribution in [3.05, 3.63) is 40.3 Å². The third-order valence-electron chi connectivity index (χ3n) is 1.59. The molecule has 0 saturated carbocycles. The Hall–Kier alpha value is -0.800. The van der Waals surface area contributed by atoms with Crippen molar-refractivity contribution in [1.82, 2.24) is 4.98 Å². The summed E-state index contributed by atoms with van der Waals surface area (Å²) in [6, 6.07) is 7.43. The smallest absolute Gasteiger partial charge is 0.264 e. The van der Waals surface area contributed by atoms with Crippen LogP contribution in [0, 0.1) is 0 Å².